The van der Waals surface area contributed by atoms with Crippen LogP contribution < -0.4 is 10.6 Å². The molecule has 3 rings (SSSR count). The first kappa shape index (κ1) is 15.1. The van der Waals surface area contributed by atoms with E-state index in [9.17, 15) is 9.59 Å². The third-order valence-corrected chi connectivity index (χ3v) is 5.22. The highest BCUT2D eigenvalue weighted by Gasteiger charge is 2.29. The fraction of sp³-hybridized carbons (Fsp3) is 0.267. The van der Waals surface area contributed by atoms with E-state index in [1.807, 2.05) is 42.6 Å². The number of rotatable bonds is 4. The van der Waals surface area contributed by atoms with E-state index in [1.54, 1.807) is 0 Å². The molecule has 0 aliphatic carbocycles. The molecular weight excluding hydrogens is 318 g/mol. The Labute approximate surface area is 136 Å². The van der Waals surface area contributed by atoms with Crippen LogP contribution in [0.1, 0.15) is 18.0 Å². The largest absolute Gasteiger partial charge is 0.345 e. The number of nitrogens with zero attached hydrogens (tertiary/aromatic N) is 1. The van der Waals surface area contributed by atoms with Crippen LogP contribution in [0.15, 0.2) is 35.7 Å². The number of aromatic nitrogens is 1. The lowest BCUT2D eigenvalue weighted by atomic mass is 10.2. The second-order valence-electron chi connectivity index (χ2n) is 4.96. The molecule has 22 heavy (non-hydrogen) atoms. The van der Waals surface area contributed by atoms with E-state index in [2.05, 4.69) is 15.6 Å². The monoisotopic (exact) mass is 333 g/mol. The van der Waals surface area contributed by atoms with Gasteiger partial charge in [0.05, 0.1) is 11.7 Å². The molecule has 2 atom stereocenters. The topological polar surface area (TPSA) is 71.1 Å². The molecule has 0 radical (unpaired) electrons. The maximum absolute atomic E-state index is 12.1. The Hall–Kier alpha value is -1.86. The summed E-state index contributed by atoms with van der Waals surface area (Å²) < 4.78 is 0. The molecule has 2 aromatic rings. The smallest absolute Gasteiger partial charge is 0.279 e. The number of thiazole rings is 1. The standard InChI is InChI=1S/C15H15N3O2S2/c1-9(16-13(19)12-8-22-15(20)18-12)14-17-11(7-21-14)10-5-3-2-4-6-10/h2-7,9,12H,8H2,1H3,(H,16,19)(H,18,20)/t9-,12-/m1/s1. The maximum Gasteiger partial charge on any atom is 0.279 e. The van der Waals surface area contributed by atoms with E-state index >= 15 is 0 Å². The Bertz CT molecular complexity index is 687. The lowest BCUT2D eigenvalue weighted by Gasteiger charge is -2.14. The number of nitrogens with one attached hydrogen (secondary N) is 2. The van der Waals surface area contributed by atoms with Crippen molar-refractivity contribution >= 4 is 34.2 Å². The molecule has 1 aliphatic heterocycles. The highest BCUT2D eigenvalue weighted by Crippen LogP contribution is 2.25. The lowest BCUT2D eigenvalue weighted by Crippen LogP contribution is -2.43. The summed E-state index contributed by atoms with van der Waals surface area (Å²) in [5, 5.41) is 8.23. The molecule has 114 valence electrons. The summed E-state index contributed by atoms with van der Waals surface area (Å²) >= 11 is 2.65. The molecule has 1 aromatic carbocycles. The highest BCUT2D eigenvalue weighted by atomic mass is 32.2. The Kier molecular flexibility index (Phi) is 4.44. The minimum Gasteiger partial charge on any atom is -0.345 e. The minimum atomic E-state index is -0.450. The molecule has 7 heteroatoms. The van der Waals surface area contributed by atoms with Gasteiger partial charge in [0.15, 0.2) is 0 Å². The van der Waals surface area contributed by atoms with Gasteiger partial charge in [0.25, 0.3) is 5.24 Å². The van der Waals surface area contributed by atoms with Crippen LogP contribution >= 0.6 is 23.1 Å². The number of carbonyl (C=O) groups excluding carboxylic acids is 2. The van der Waals surface area contributed by atoms with Crippen molar-refractivity contribution in [1.82, 2.24) is 15.6 Å². The van der Waals surface area contributed by atoms with Crippen LogP contribution in [-0.2, 0) is 4.79 Å². The zero-order valence-electron chi connectivity index (χ0n) is 11.9. The van der Waals surface area contributed by atoms with Gasteiger partial charge in [-0.1, -0.05) is 42.1 Å². The van der Waals surface area contributed by atoms with Crippen molar-refractivity contribution < 1.29 is 9.59 Å². The summed E-state index contributed by atoms with van der Waals surface area (Å²) in [6.45, 7) is 1.90. The lowest BCUT2D eigenvalue weighted by molar-refractivity contribution is -0.122. The summed E-state index contributed by atoms with van der Waals surface area (Å²) in [6.07, 6.45) is 0. The van der Waals surface area contributed by atoms with Gasteiger partial charge in [-0.3, -0.25) is 9.59 Å². The molecule has 1 fully saturated rings. The van der Waals surface area contributed by atoms with Crippen molar-refractivity contribution in [2.45, 2.75) is 19.0 Å². The fourth-order valence-electron chi connectivity index (χ4n) is 2.13. The van der Waals surface area contributed by atoms with Gasteiger partial charge in [-0.05, 0) is 6.92 Å². The number of thioether (sulfide) groups is 1. The zero-order valence-corrected chi connectivity index (χ0v) is 13.5. The first-order valence-electron chi connectivity index (χ1n) is 6.88. The second-order valence-corrected chi connectivity index (χ2v) is 6.85. The summed E-state index contributed by atoms with van der Waals surface area (Å²) in [7, 11) is 0. The number of hydrogen-bond acceptors (Lipinski definition) is 5. The quantitative estimate of drug-likeness (QED) is 0.902. The molecule has 0 unspecified atom stereocenters. The normalized spacial score (nSPS) is 18.8. The molecule has 2 N–H and O–H groups in total. The Morgan fingerprint density at radius 1 is 1.41 bits per heavy atom. The molecule has 1 saturated heterocycles. The number of amides is 2. The summed E-state index contributed by atoms with van der Waals surface area (Å²) in [6, 6.07) is 9.29. The third-order valence-electron chi connectivity index (χ3n) is 3.31. The number of carbonyl (C=O) groups is 2. The van der Waals surface area contributed by atoms with Gasteiger partial charge in [-0.25, -0.2) is 4.98 Å². The predicted octanol–water partition coefficient (Wildman–Crippen LogP) is 2.81. The van der Waals surface area contributed by atoms with Crippen LogP contribution in [-0.4, -0.2) is 27.9 Å². The SMILES string of the molecule is C[C@@H](NC(=O)[C@H]1CSC(=O)N1)c1nc(-c2ccccc2)cs1. The van der Waals surface area contributed by atoms with Crippen molar-refractivity contribution in [1.29, 1.82) is 0 Å². The molecule has 0 saturated carbocycles. The van der Waals surface area contributed by atoms with Crippen LogP contribution in [0.25, 0.3) is 11.3 Å². The molecule has 2 heterocycles. The first-order valence-corrected chi connectivity index (χ1v) is 8.74. The van der Waals surface area contributed by atoms with Crippen molar-refractivity contribution in [3.63, 3.8) is 0 Å². The number of hydrogen-bond donors (Lipinski definition) is 2. The van der Waals surface area contributed by atoms with E-state index in [4.69, 9.17) is 0 Å². The van der Waals surface area contributed by atoms with Gasteiger partial charge in [0.2, 0.25) is 5.91 Å². The summed E-state index contributed by atoms with van der Waals surface area (Å²) in [5.41, 5.74) is 1.97. The summed E-state index contributed by atoms with van der Waals surface area (Å²) in [4.78, 5) is 27.8. The minimum absolute atomic E-state index is 0.145. The average Bonchev–Trinajstić information content (AvgIpc) is 3.17. The number of benzene rings is 1. The Morgan fingerprint density at radius 3 is 2.86 bits per heavy atom. The van der Waals surface area contributed by atoms with Gasteiger partial charge in [0.1, 0.15) is 11.0 Å². The molecule has 1 aliphatic rings. The predicted molar refractivity (Wildman–Crippen MR) is 88.9 cm³/mol. The zero-order chi connectivity index (χ0) is 15.5. The van der Waals surface area contributed by atoms with Crippen LogP contribution in [0, 0.1) is 0 Å². The van der Waals surface area contributed by atoms with E-state index in [1.165, 1.54) is 11.3 Å². The second kappa shape index (κ2) is 6.50. The molecular formula is C15H15N3O2S2. The van der Waals surface area contributed by atoms with E-state index in [0.29, 0.717) is 5.75 Å². The maximum atomic E-state index is 12.1. The van der Waals surface area contributed by atoms with E-state index < -0.39 is 6.04 Å². The van der Waals surface area contributed by atoms with Crippen molar-refractivity contribution in [2.24, 2.45) is 0 Å². The van der Waals surface area contributed by atoms with Gasteiger partial charge >= 0.3 is 0 Å². The van der Waals surface area contributed by atoms with E-state index in [-0.39, 0.29) is 17.2 Å². The molecule has 2 amide bonds. The molecule has 5 nitrogen and oxygen atoms in total. The fourth-order valence-corrected chi connectivity index (χ4v) is 3.74. The molecule has 1 aromatic heterocycles. The van der Waals surface area contributed by atoms with Gasteiger partial charge in [-0.15, -0.1) is 11.3 Å². The van der Waals surface area contributed by atoms with E-state index in [0.717, 1.165) is 28.0 Å². The highest BCUT2D eigenvalue weighted by molar-refractivity contribution is 8.14. The van der Waals surface area contributed by atoms with Gasteiger partial charge < -0.3 is 10.6 Å². The van der Waals surface area contributed by atoms with Crippen LogP contribution in [0.2, 0.25) is 0 Å². The van der Waals surface area contributed by atoms with Crippen molar-refractivity contribution in [3.8, 4) is 11.3 Å². The summed E-state index contributed by atoms with van der Waals surface area (Å²) in [5.74, 6) is 0.312. The van der Waals surface area contributed by atoms with Crippen molar-refractivity contribution in [2.75, 3.05) is 5.75 Å². The van der Waals surface area contributed by atoms with Gasteiger partial charge in [-0.2, -0.15) is 0 Å². The van der Waals surface area contributed by atoms with Crippen LogP contribution in [0.5, 0.6) is 0 Å². The Balaban J connectivity index is 1.65. The first-order chi connectivity index (χ1) is 10.6. The molecule has 0 bridgehead atoms. The average molecular weight is 333 g/mol. The van der Waals surface area contributed by atoms with Crippen molar-refractivity contribution in [3.05, 3.63) is 40.7 Å². The van der Waals surface area contributed by atoms with Crippen LogP contribution in [0.4, 0.5) is 4.79 Å². The third kappa shape index (κ3) is 3.31. The van der Waals surface area contributed by atoms with Gasteiger partial charge in [0, 0.05) is 16.7 Å². The molecule has 0 spiro atoms. The van der Waals surface area contributed by atoms with Crippen LogP contribution in [0.3, 0.4) is 0 Å². The Morgan fingerprint density at radius 2 is 2.18 bits per heavy atom.